The van der Waals surface area contributed by atoms with Gasteiger partial charge in [-0.3, -0.25) is 9.59 Å². The number of esters is 1. The first-order valence-corrected chi connectivity index (χ1v) is 10.6. The minimum Gasteiger partial charge on any atom is -0.508 e. The second-order valence-corrected chi connectivity index (χ2v) is 8.33. The zero-order chi connectivity index (χ0) is 22.7. The van der Waals surface area contributed by atoms with Gasteiger partial charge in [0.1, 0.15) is 17.2 Å². The van der Waals surface area contributed by atoms with Crippen molar-refractivity contribution in [2.45, 2.75) is 12.3 Å². The van der Waals surface area contributed by atoms with E-state index in [-0.39, 0.29) is 35.6 Å². The van der Waals surface area contributed by atoms with Gasteiger partial charge in [-0.2, -0.15) is 0 Å². The Bertz CT molecular complexity index is 1490. The van der Waals surface area contributed by atoms with Gasteiger partial charge in [0.25, 0.3) is 0 Å². The number of hydrogen-bond acceptors (Lipinski definition) is 5. The Hall–Kier alpha value is -4.32. The molecule has 1 unspecified atom stereocenters. The molecule has 6 nitrogen and oxygen atoms in total. The quantitative estimate of drug-likeness (QED) is 0.273. The smallest absolute Gasteiger partial charge is 0.312 e. The van der Waals surface area contributed by atoms with E-state index in [9.17, 15) is 14.7 Å². The van der Waals surface area contributed by atoms with Crippen molar-refractivity contribution in [3.63, 3.8) is 0 Å². The molecule has 0 saturated heterocycles. The maximum atomic E-state index is 13.2. The Morgan fingerprint density at radius 2 is 1.79 bits per heavy atom. The Morgan fingerprint density at radius 1 is 1.00 bits per heavy atom. The molecule has 0 radical (unpaired) electrons. The molecule has 1 aromatic heterocycles. The van der Waals surface area contributed by atoms with Crippen LogP contribution in [0.15, 0.2) is 72.6 Å². The topological polar surface area (TPSA) is 77.8 Å². The number of phenolic OH excluding ortho intramolecular Hbond substituents is 1. The SMILES string of the molecule is Cn1cc(/C=C2\Oc3c(ccc4c3C(c3ccc(O)cc3)CC(=O)O4)C2=O)c2ccccc21. The first-order chi connectivity index (χ1) is 16.0. The molecule has 2 aliphatic heterocycles. The maximum Gasteiger partial charge on any atom is 0.312 e. The number of fused-ring (bicyclic) bond motifs is 4. The number of benzene rings is 3. The molecule has 6 rings (SSSR count). The van der Waals surface area contributed by atoms with Crippen LogP contribution in [0.25, 0.3) is 17.0 Å². The van der Waals surface area contributed by atoms with Gasteiger partial charge in [-0.05, 0) is 42.0 Å². The molecule has 4 aromatic rings. The summed E-state index contributed by atoms with van der Waals surface area (Å²) >= 11 is 0. The van der Waals surface area contributed by atoms with Crippen LogP contribution in [0.4, 0.5) is 0 Å². The lowest BCUT2D eigenvalue weighted by Gasteiger charge is -2.26. The van der Waals surface area contributed by atoms with Crippen LogP contribution in [-0.2, 0) is 11.8 Å². The van der Waals surface area contributed by atoms with Crippen molar-refractivity contribution >= 4 is 28.7 Å². The van der Waals surface area contributed by atoms with Crippen LogP contribution in [0.5, 0.6) is 17.2 Å². The summed E-state index contributed by atoms with van der Waals surface area (Å²) in [6.07, 6.45) is 3.85. The third-order valence-electron chi connectivity index (χ3n) is 6.29. The number of rotatable bonds is 2. The van der Waals surface area contributed by atoms with Gasteiger partial charge in [0, 0.05) is 41.2 Å². The Balaban J connectivity index is 1.47. The molecule has 1 atom stereocenters. The average molecular weight is 437 g/mol. The standard InChI is InChI=1S/C27H19NO5/c1-28-14-16(18-4-2-3-5-21(18)28)12-23-26(31)19-10-11-22-25(27(19)33-23)20(13-24(30)32-22)15-6-8-17(29)9-7-15/h2-12,14,20,29H,13H2,1H3/b23-12-. The summed E-state index contributed by atoms with van der Waals surface area (Å²) < 4.78 is 13.6. The molecular formula is C27H19NO5. The fourth-order valence-corrected chi connectivity index (χ4v) is 4.73. The number of ether oxygens (including phenoxy) is 2. The van der Waals surface area contributed by atoms with Crippen molar-refractivity contribution in [2.75, 3.05) is 0 Å². The van der Waals surface area contributed by atoms with Gasteiger partial charge in [-0.1, -0.05) is 30.3 Å². The summed E-state index contributed by atoms with van der Waals surface area (Å²) in [5.41, 5.74) is 3.90. The second-order valence-electron chi connectivity index (χ2n) is 8.33. The van der Waals surface area contributed by atoms with Crippen molar-refractivity contribution in [2.24, 2.45) is 7.05 Å². The third-order valence-corrected chi connectivity index (χ3v) is 6.29. The third kappa shape index (κ3) is 3.03. The second kappa shape index (κ2) is 7.10. The van der Waals surface area contributed by atoms with Gasteiger partial charge < -0.3 is 19.1 Å². The van der Waals surface area contributed by atoms with Crippen molar-refractivity contribution < 1.29 is 24.2 Å². The zero-order valence-electron chi connectivity index (χ0n) is 17.7. The Morgan fingerprint density at radius 3 is 2.61 bits per heavy atom. The fourth-order valence-electron chi connectivity index (χ4n) is 4.73. The van der Waals surface area contributed by atoms with E-state index in [0.29, 0.717) is 22.6 Å². The molecule has 3 aromatic carbocycles. The molecule has 0 spiro atoms. The van der Waals surface area contributed by atoms with E-state index in [1.807, 2.05) is 42.1 Å². The number of Topliss-reactive ketones (excluding diaryl/α,β-unsaturated/α-hetero) is 1. The van der Waals surface area contributed by atoms with E-state index in [0.717, 1.165) is 22.0 Å². The highest BCUT2D eigenvalue weighted by molar-refractivity contribution is 6.15. The largest absolute Gasteiger partial charge is 0.508 e. The van der Waals surface area contributed by atoms with Gasteiger partial charge in [-0.25, -0.2) is 0 Å². The molecule has 0 bridgehead atoms. The van der Waals surface area contributed by atoms with Crippen molar-refractivity contribution in [3.05, 3.63) is 94.9 Å². The number of allylic oxidation sites excluding steroid dienone is 1. The van der Waals surface area contributed by atoms with Crippen LogP contribution in [0.2, 0.25) is 0 Å². The van der Waals surface area contributed by atoms with Crippen LogP contribution in [0.3, 0.4) is 0 Å². The van der Waals surface area contributed by atoms with Crippen LogP contribution >= 0.6 is 0 Å². The summed E-state index contributed by atoms with van der Waals surface area (Å²) in [6.45, 7) is 0. The highest BCUT2D eigenvalue weighted by atomic mass is 16.5. The number of para-hydroxylation sites is 1. The van der Waals surface area contributed by atoms with Crippen molar-refractivity contribution in [1.82, 2.24) is 4.57 Å². The Kier molecular flexibility index (Phi) is 4.17. The summed E-state index contributed by atoms with van der Waals surface area (Å²) in [6, 6.07) is 18.0. The predicted molar refractivity (Wildman–Crippen MR) is 122 cm³/mol. The first-order valence-electron chi connectivity index (χ1n) is 10.6. The van der Waals surface area contributed by atoms with E-state index < -0.39 is 0 Å². The lowest BCUT2D eigenvalue weighted by molar-refractivity contribution is -0.135. The average Bonchev–Trinajstić information content (AvgIpc) is 3.30. The van der Waals surface area contributed by atoms with E-state index >= 15 is 0 Å². The number of ketones is 1. The van der Waals surface area contributed by atoms with Crippen LogP contribution in [0, 0.1) is 0 Å². The molecule has 0 saturated carbocycles. The number of aromatic hydroxyl groups is 1. The van der Waals surface area contributed by atoms with Gasteiger partial charge in [0.05, 0.1) is 12.0 Å². The van der Waals surface area contributed by atoms with Gasteiger partial charge in [0.15, 0.2) is 5.76 Å². The number of aromatic nitrogens is 1. The minimum atomic E-state index is -0.351. The number of nitrogens with zero attached hydrogens (tertiary/aromatic N) is 1. The van der Waals surface area contributed by atoms with Crippen LogP contribution < -0.4 is 9.47 Å². The monoisotopic (exact) mass is 437 g/mol. The van der Waals surface area contributed by atoms with Crippen molar-refractivity contribution in [3.8, 4) is 17.2 Å². The number of aryl methyl sites for hydroxylation is 1. The molecule has 1 N–H and O–H groups in total. The maximum absolute atomic E-state index is 13.2. The molecule has 3 heterocycles. The molecule has 6 heteroatoms. The lowest BCUT2D eigenvalue weighted by atomic mass is 9.84. The molecule has 162 valence electrons. The van der Waals surface area contributed by atoms with Crippen LogP contribution in [0.1, 0.15) is 39.4 Å². The summed E-state index contributed by atoms with van der Waals surface area (Å²) in [5.74, 6) is 0.287. The predicted octanol–water partition coefficient (Wildman–Crippen LogP) is 4.94. The zero-order valence-corrected chi connectivity index (χ0v) is 17.7. The summed E-state index contributed by atoms with van der Waals surface area (Å²) in [5, 5.41) is 10.7. The summed E-state index contributed by atoms with van der Waals surface area (Å²) in [4.78, 5) is 25.5. The molecule has 0 amide bonds. The highest BCUT2D eigenvalue weighted by Crippen LogP contribution is 2.49. The number of carbonyl (C=O) groups is 2. The first kappa shape index (κ1) is 19.4. The van der Waals surface area contributed by atoms with E-state index in [1.54, 1.807) is 42.5 Å². The highest BCUT2D eigenvalue weighted by Gasteiger charge is 2.38. The van der Waals surface area contributed by atoms with Gasteiger partial charge in [-0.15, -0.1) is 0 Å². The molecule has 0 fully saturated rings. The van der Waals surface area contributed by atoms with Gasteiger partial charge in [0.2, 0.25) is 5.78 Å². The minimum absolute atomic E-state index is 0.119. The van der Waals surface area contributed by atoms with E-state index in [2.05, 4.69) is 0 Å². The fraction of sp³-hybridized carbons (Fsp3) is 0.111. The van der Waals surface area contributed by atoms with E-state index in [1.165, 1.54) is 0 Å². The molecule has 0 aliphatic carbocycles. The van der Waals surface area contributed by atoms with E-state index in [4.69, 9.17) is 9.47 Å². The number of carbonyl (C=O) groups excluding carboxylic acids is 2. The molecule has 2 aliphatic rings. The number of hydrogen-bond donors (Lipinski definition) is 1. The van der Waals surface area contributed by atoms with Gasteiger partial charge >= 0.3 is 5.97 Å². The van der Waals surface area contributed by atoms with Crippen molar-refractivity contribution in [1.29, 1.82) is 0 Å². The number of phenols is 1. The summed E-state index contributed by atoms with van der Waals surface area (Å²) in [7, 11) is 1.96. The van der Waals surface area contributed by atoms with Crippen LogP contribution in [-0.4, -0.2) is 21.4 Å². The Labute approximate surface area is 189 Å². The molecular weight excluding hydrogens is 418 g/mol. The lowest BCUT2D eigenvalue weighted by Crippen LogP contribution is -2.21. The normalized spacial score (nSPS) is 18.2. The molecule has 33 heavy (non-hydrogen) atoms.